The Labute approximate surface area is 127 Å². The Hall–Kier alpha value is -2.83. The van der Waals surface area contributed by atoms with Gasteiger partial charge in [-0.1, -0.05) is 5.16 Å². The Bertz CT molecular complexity index is 576. The summed E-state index contributed by atoms with van der Waals surface area (Å²) in [6, 6.07) is 3.67. The molecule has 2 rings (SSSR count). The predicted molar refractivity (Wildman–Crippen MR) is 79.3 cm³/mol. The zero-order valence-corrected chi connectivity index (χ0v) is 11.9. The molecule has 0 aromatic carbocycles. The normalized spacial score (nSPS) is 11.2. The first-order chi connectivity index (χ1) is 10.8. The molecule has 22 heavy (non-hydrogen) atoms. The largest absolute Gasteiger partial charge is 0.481 e. The van der Waals surface area contributed by atoms with Gasteiger partial charge in [-0.2, -0.15) is 0 Å². The van der Waals surface area contributed by atoms with Gasteiger partial charge in [0.2, 0.25) is 0 Å². The number of pyridine rings is 1. The van der Waals surface area contributed by atoms with Crippen LogP contribution in [0.3, 0.4) is 0 Å². The highest BCUT2D eigenvalue weighted by molar-refractivity contribution is 6.12. The molecule has 2 aromatic heterocycles. The van der Waals surface area contributed by atoms with Crippen molar-refractivity contribution in [2.75, 3.05) is 6.61 Å². The van der Waals surface area contributed by atoms with Gasteiger partial charge in [-0.05, 0) is 25.0 Å². The number of unbranched alkanes of at least 4 members (excludes halogenated alkanes) is 1. The monoisotopic (exact) mass is 300 g/mol. The van der Waals surface area contributed by atoms with Crippen molar-refractivity contribution in [1.82, 2.24) is 15.0 Å². The number of oxime groups is 1. The molecular weight excluding hydrogens is 284 g/mol. The first kappa shape index (κ1) is 15.6. The molecule has 114 valence electrons. The van der Waals surface area contributed by atoms with Crippen LogP contribution >= 0.6 is 0 Å². The van der Waals surface area contributed by atoms with Crippen LogP contribution in [0.1, 0.15) is 30.4 Å². The fourth-order valence-corrected chi connectivity index (χ4v) is 1.75. The molecule has 1 N–H and O–H groups in total. The summed E-state index contributed by atoms with van der Waals surface area (Å²) in [5.41, 5.74) is 2.11. The molecule has 0 saturated heterocycles. The maximum Gasteiger partial charge on any atom is 0.303 e. The van der Waals surface area contributed by atoms with Crippen LogP contribution in [0.25, 0.3) is 0 Å². The van der Waals surface area contributed by atoms with E-state index >= 15 is 0 Å². The number of hydrogen-bond acceptors (Lipinski definition) is 6. The maximum atomic E-state index is 10.4. The summed E-state index contributed by atoms with van der Waals surface area (Å²) in [5.74, 6) is -0.805. The maximum absolute atomic E-state index is 10.4. The molecule has 7 heteroatoms. The molecule has 0 aliphatic carbocycles. The zero-order chi connectivity index (χ0) is 15.6. The summed E-state index contributed by atoms with van der Waals surface area (Å²) >= 11 is 0. The summed E-state index contributed by atoms with van der Waals surface area (Å²) in [6.07, 6.45) is 9.41. The Morgan fingerprint density at radius 3 is 2.59 bits per heavy atom. The SMILES string of the molecule is O=C(O)CCCCO/N=C(\c1cccnc1)c1cncnc1. The van der Waals surface area contributed by atoms with Gasteiger partial charge in [-0.25, -0.2) is 9.97 Å². The first-order valence-corrected chi connectivity index (χ1v) is 6.85. The van der Waals surface area contributed by atoms with Gasteiger partial charge in [-0.3, -0.25) is 9.78 Å². The number of carbonyl (C=O) groups is 1. The van der Waals surface area contributed by atoms with Crippen LogP contribution < -0.4 is 0 Å². The molecule has 0 saturated carbocycles. The molecule has 0 aliphatic heterocycles. The molecule has 0 spiro atoms. The fraction of sp³-hybridized carbons (Fsp3) is 0.267. The molecule has 0 bridgehead atoms. The van der Waals surface area contributed by atoms with Crippen molar-refractivity contribution in [3.8, 4) is 0 Å². The minimum absolute atomic E-state index is 0.134. The minimum Gasteiger partial charge on any atom is -0.481 e. The van der Waals surface area contributed by atoms with Crippen molar-refractivity contribution >= 4 is 11.7 Å². The Kier molecular flexibility index (Phi) is 5.98. The molecule has 7 nitrogen and oxygen atoms in total. The Balaban J connectivity index is 2.02. The number of carboxylic acids is 1. The highest BCUT2D eigenvalue weighted by Crippen LogP contribution is 2.09. The van der Waals surface area contributed by atoms with E-state index in [1.807, 2.05) is 12.1 Å². The number of carboxylic acid groups (broad SMARTS) is 1. The third-order valence-electron chi connectivity index (χ3n) is 2.80. The molecular formula is C15H16N4O3. The van der Waals surface area contributed by atoms with Gasteiger partial charge in [0.1, 0.15) is 18.6 Å². The van der Waals surface area contributed by atoms with Gasteiger partial charge >= 0.3 is 5.97 Å². The van der Waals surface area contributed by atoms with Crippen LogP contribution in [0.4, 0.5) is 0 Å². The zero-order valence-electron chi connectivity index (χ0n) is 11.9. The molecule has 0 unspecified atom stereocenters. The Morgan fingerprint density at radius 1 is 1.14 bits per heavy atom. The lowest BCUT2D eigenvalue weighted by atomic mass is 10.1. The average Bonchev–Trinajstić information content (AvgIpc) is 2.55. The van der Waals surface area contributed by atoms with Crippen LogP contribution in [0.2, 0.25) is 0 Å². The summed E-state index contributed by atoms with van der Waals surface area (Å²) in [6.45, 7) is 0.352. The number of rotatable bonds is 8. The number of hydrogen-bond donors (Lipinski definition) is 1. The number of aliphatic carboxylic acids is 1. The topological polar surface area (TPSA) is 97.6 Å². The van der Waals surface area contributed by atoms with Gasteiger partial charge < -0.3 is 9.94 Å². The molecule has 0 aliphatic rings. The van der Waals surface area contributed by atoms with E-state index < -0.39 is 5.97 Å². The van der Waals surface area contributed by atoms with Crippen LogP contribution in [-0.2, 0) is 9.63 Å². The van der Waals surface area contributed by atoms with Gasteiger partial charge in [0.15, 0.2) is 0 Å². The van der Waals surface area contributed by atoms with Crippen LogP contribution in [0.5, 0.6) is 0 Å². The van der Waals surface area contributed by atoms with Crippen LogP contribution in [0.15, 0.2) is 48.4 Å². The number of aromatic nitrogens is 3. The van der Waals surface area contributed by atoms with Crippen molar-refractivity contribution in [3.63, 3.8) is 0 Å². The van der Waals surface area contributed by atoms with E-state index in [-0.39, 0.29) is 6.42 Å². The van der Waals surface area contributed by atoms with E-state index in [1.54, 1.807) is 24.8 Å². The summed E-state index contributed by atoms with van der Waals surface area (Å²) in [4.78, 5) is 27.7. The van der Waals surface area contributed by atoms with Crippen molar-refractivity contribution in [1.29, 1.82) is 0 Å². The van der Waals surface area contributed by atoms with Crippen molar-refractivity contribution in [2.45, 2.75) is 19.3 Å². The van der Waals surface area contributed by atoms with E-state index in [4.69, 9.17) is 9.94 Å². The summed E-state index contributed by atoms with van der Waals surface area (Å²) in [7, 11) is 0. The van der Waals surface area contributed by atoms with Gasteiger partial charge in [0.05, 0.1) is 0 Å². The molecule has 2 aromatic rings. The molecule has 0 radical (unpaired) electrons. The van der Waals surface area contributed by atoms with Gasteiger partial charge in [-0.15, -0.1) is 0 Å². The second kappa shape index (κ2) is 8.46. The molecule has 0 fully saturated rings. The second-order valence-corrected chi connectivity index (χ2v) is 4.49. The van der Waals surface area contributed by atoms with E-state index in [1.165, 1.54) is 6.33 Å². The third kappa shape index (κ3) is 4.93. The quantitative estimate of drug-likeness (QED) is 0.454. The molecule has 0 amide bonds. The summed E-state index contributed by atoms with van der Waals surface area (Å²) < 4.78 is 0. The van der Waals surface area contributed by atoms with E-state index in [2.05, 4.69) is 20.1 Å². The first-order valence-electron chi connectivity index (χ1n) is 6.85. The Morgan fingerprint density at radius 2 is 1.91 bits per heavy atom. The van der Waals surface area contributed by atoms with Crippen molar-refractivity contribution < 1.29 is 14.7 Å². The van der Waals surface area contributed by atoms with E-state index in [0.717, 1.165) is 11.1 Å². The number of nitrogens with zero attached hydrogens (tertiary/aromatic N) is 4. The summed E-state index contributed by atoms with van der Waals surface area (Å²) in [5, 5.41) is 12.7. The third-order valence-corrected chi connectivity index (χ3v) is 2.80. The van der Waals surface area contributed by atoms with Crippen LogP contribution in [-0.4, -0.2) is 38.3 Å². The lowest BCUT2D eigenvalue weighted by Gasteiger charge is -2.06. The van der Waals surface area contributed by atoms with Gasteiger partial charge in [0.25, 0.3) is 0 Å². The molecule has 2 heterocycles. The lowest BCUT2D eigenvalue weighted by molar-refractivity contribution is -0.137. The van der Waals surface area contributed by atoms with E-state index in [0.29, 0.717) is 25.2 Å². The smallest absolute Gasteiger partial charge is 0.303 e. The van der Waals surface area contributed by atoms with Crippen molar-refractivity contribution in [3.05, 3.63) is 54.4 Å². The lowest BCUT2D eigenvalue weighted by Crippen LogP contribution is -2.06. The predicted octanol–water partition coefficient (Wildman–Crippen LogP) is 1.90. The highest BCUT2D eigenvalue weighted by atomic mass is 16.6. The average molecular weight is 300 g/mol. The standard InChI is InChI=1S/C15H16N4O3/c20-14(21)5-1-2-7-22-19-15(12-4-3-6-16-8-12)13-9-17-11-18-10-13/h3-4,6,8-11H,1-2,5,7H2,(H,20,21)/b19-15+. The fourth-order valence-electron chi connectivity index (χ4n) is 1.75. The van der Waals surface area contributed by atoms with Crippen LogP contribution in [0, 0.1) is 0 Å². The van der Waals surface area contributed by atoms with Gasteiger partial charge in [0, 0.05) is 42.3 Å². The van der Waals surface area contributed by atoms with E-state index in [9.17, 15) is 4.79 Å². The van der Waals surface area contributed by atoms with Crippen molar-refractivity contribution in [2.24, 2.45) is 5.16 Å². The second-order valence-electron chi connectivity index (χ2n) is 4.49. The minimum atomic E-state index is -0.805. The highest BCUT2D eigenvalue weighted by Gasteiger charge is 2.08. The molecule has 0 atom stereocenters.